The summed E-state index contributed by atoms with van der Waals surface area (Å²) in [4.78, 5) is 12.0. The van der Waals surface area contributed by atoms with Crippen molar-refractivity contribution in [1.82, 2.24) is 0 Å². The van der Waals surface area contributed by atoms with Gasteiger partial charge in [0.05, 0.1) is 0 Å². The Labute approximate surface area is 90.3 Å². The van der Waals surface area contributed by atoms with Crippen LogP contribution in [0.2, 0.25) is 0 Å². The second-order valence-corrected chi connectivity index (χ2v) is 4.22. The van der Waals surface area contributed by atoms with E-state index in [1.54, 1.807) is 7.11 Å². The van der Waals surface area contributed by atoms with E-state index in [4.69, 9.17) is 4.74 Å². The van der Waals surface area contributed by atoms with E-state index in [0.717, 1.165) is 18.4 Å². The highest BCUT2D eigenvalue weighted by molar-refractivity contribution is 5.99. The van der Waals surface area contributed by atoms with Crippen LogP contribution in [0.25, 0.3) is 0 Å². The van der Waals surface area contributed by atoms with E-state index in [2.05, 4.69) is 0 Å². The zero-order chi connectivity index (χ0) is 10.8. The third kappa shape index (κ3) is 2.26. The highest BCUT2D eigenvalue weighted by Gasteiger charge is 2.36. The lowest BCUT2D eigenvalue weighted by atomic mass is 10.0. The van der Waals surface area contributed by atoms with Crippen molar-refractivity contribution in [2.75, 3.05) is 7.11 Å². The fourth-order valence-electron chi connectivity index (χ4n) is 1.79. The minimum Gasteiger partial charge on any atom is -0.373 e. The zero-order valence-electron chi connectivity index (χ0n) is 9.19. The maximum absolute atomic E-state index is 12.0. The van der Waals surface area contributed by atoms with Crippen molar-refractivity contribution in [1.29, 1.82) is 0 Å². The molecule has 1 unspecified atom stereocenters. The number of carbonyl (C=O) groups is 1. The molecule has 1 atom stereocenters. The Morgan fingerprint density at radius 3 is 2.40 bits per heavy atom. The highest BCUT2D eigenvalue weighted by atomic mass is 16.5. The quantitative estimate of drug-likeness (QED) is 0.705. The lowest BCUT2D eigenvalue weighted by molar-refractivity contribution is 0.0540. The van der Waals surface area contributed by atoms with Crippen LogP contribution in [0.5, 0.6) is 0 Å². The molecule has 0 heterocycles. The molecule has 0 aliphatic heterocycles. The summed E-state index contributed by atoms with van der Waals surface area (Å²) in [6, 6.07) is 7.69. The van der Waals surface area contributed by atoms with Crippen LogP contribution in [0.3, 0.4) is 0 Å². The Morgan fingerprint density at radius 2 is 1.93 bits per heavy atom. The molecule has 0 saturated heterocycles. The Morgan fingerprint density at radius 1 is 1.33 bits per heavy atom. The van der Waals surface area contributed by atoms with Crippen LogP contribution in [-0.2, 0) is 4.74 Å². The molecule has 1 aliphatic rings. The summed E-state index contributed by atoms with van der Waals surface area (Å²) in [6.07, 6.45) is 2.01. The van der Waals surface area contributed by atoms with E-state index in [1.165, 1.54) is 5.56 Å². The summed E-state index contributed by atoms with van der Waals surface area (Å²) in [5, 5.41) is 0. The van der Waals surface area contributed by atoms with Crippen molar-refractivity contribution in [3.63, 3.8) is 0 Å². The van der Waals surface area contributed by atoms with Crippen LogP contribution in [0.15, 0.2) is 24.3 Å². The predicted octanol–water partition coefficient (Wildman–Crippen LogP) is 2.60. The number of aryl methyl sites for hydroxylation is 1. The van der Waals surface area contributed by atoms with Crippen LogP contribution < -0.4 is 0 Å². The first kappa shape index (κ1) is 10.4. The van der Waals surface area contributed by atoms with Crippen LogP contribution in [0.4, 0.5) is 0 Å². The van der Waals surface area contributed by atoms with Gasteiger partial charge in [-0.1, -0.05) is 29.8 Å². The first-order chi connectivity index (χ1) is 7.22. The number of Topliss-reactive ketones (excluding diaryl/α,β-unsaturated/α-hetero) is 1. The van der Waals surface area contributed by atoms with E-state index >= 15 is 0 Å². The van der Waals surface area contributed by atoms with Crippen molar-refractivity contribution in [2.45, 2.75) is 25.9 Å². The standard InChI is InChI=1S/C13H16O2/c1-9-3-5-10(6-4-9)12(14)13(15-2)11-7-8-11/h3-6,11,13H,7-8H2,1-2H3. The molecule has 1 aromatic rings. The lowest BCUT2D eigenvalue weighted by Crippen LogP contribution is -2.25. The van der Waals surface area contributed by atoms with Gasteiger partial charge in [0.15, 0.2) is 5.78 Å². The van der Waals surface area contributed by atoms with Gasteiger partial charge < -0.3 is 4.74 Å². The number of hydrogen-bond donors (Lipinski definition) is 0. The predicted molar refractivity (Wildman–Crippen MR) is 59.0 cm³/mol. The molecule has 0 amide bonds. The van der Waals surface area contributed by atoms with E-state index in [0.29, 0.717) is 5.92 Å². The van der Waals surface area contributed by atoms with Gasteiger partial charge in [0.2, 0.25) is 0 Å². The molecule has 2 rings (SSSR count). The summed E-state index contributed by atoms with van der Waals surface area (Å²) >= 11 is 0. The van der Waals surface area contributed by atoms with Crippen molar-refractivity contribution in [2.24, 2.45) is 5.92 Å². The van der Waals surface area contributed by atoms with Crippen molar-refractivity contribution >= 4 is 5.78 Å². The van der Waals surface area contributed by atoms with Crippen LogP contribution in [0.1, 0.15) is 28.8 Å². The van der Waals surface area contributed by atoms with Gasteiger partial charge in [0.25, 0.3) is 0 Å². The first-order valence-corrected chi connectivity index (χ1v) is 5.36. The van der Waals surface area contributed by atoms with Gasteiger partial charge in [-0.15, -0.1) is 0 Å². The van der Waals surface area contributed by atoms with Gasteiger partial charge in [-0.3, -0.25) is 4.79 Å². The molecule has 1 saturated carbocycles. The highest BCUT2D eigenvalue weighted by Crippen LogP contribution is 2.35. The largest absolute Gasteiger partial charge is 0.373 e. The van der Waals surface area contributed by atoms with E-state index < -0.39 is 0 Å². The normalized spacial score (nSPS) is 17.5. The van der Waals surface area contributed by atoms with Gasteiger partial charge in [-0.2, -0.15) is 0 Å². The molecule has 80 valence electrons. The molecular formula is C13H16O2. The number of ether oxygens (including phenoxy) is 1. The molecule has 0 bridgehead atoms. The van der Waals surface area contributed by atoms with Gasteiger partial charge in [0, 0.05) is 12.7 Å². The van der Waals surface area contributed by atoms with Crippen LogP contribution in [0, 0.1) is 12.8 Å². The summed E-state index contributed by atoms with van der Waals surface area (Å²) < 4.78 is 5.27. The number of hydrogen-bond acceptors (Lipinski definition) is 2. The molecule has 2 nitrogen and oxygen atoms in total. The zero-order valence-corrected chi connectivity index (χ0v) is 9.19. The minimum atomic E-state index is -0.229. The Hall–Kier alpha value is -1.15. The molecule has 0 N–H and O–H groups in total. The summed E-state index contributed by atoms with van der Waals surface area (Å²) in [7, 11) is 1.62. The van der Waals surface area contributed by atoms with E-state index in [-0.39, 0.29) is 11.9 Å². The number of ketones is 1. The smallest absolute Gasteiger partial charge is 0.191 e. The fraction of sp³-hybridized carbons (Fsp3) is 0.462. The molecular weight excluding hydrogens is 188 g/mol. The minimum absolute atomic E-state index is 0.125. The maximum Gasteiger partial charge on any atom is 0.191 e. The lowest BCUT2D eigenvalue weighted by Gasteiger charge is -2.12. The monoisotopic (exact) mass is 204 g/mol. The molecule has 2 heteroatoms. The van der Waals surface area contributed by atoms with Crippen molar-refractivity contribution in [3.8, 4) is 0 Å². The van der Waals surface area contributed by atoms with Gasteiger partial charge in [-0.05, 0) is 25.7 Å². The van der Waals surface area contributed by atoms with Gasteiger partial charge >= 0.3 is 0 Å². The van der Waals surface area contributed by atoms with Crippen LogP contribution in [-0.4, -0.2) is 19.0 Å². The number of rotatable bonds is 4. The molecule has 15 heavy (non-hydrogen) atoms. The summed E-state index contributed by atoms with van der Waals surface area (Å²) in [6.45, 7) is 2.02. The Balaban J connectivity index is 2.15. The molecule has 0 spiro atoms. The SMILES string of the molecule is COC(C(=O)c1ccc(C)cc1)C1CC1. The molecule has 1 aliphatic carbocycles. The van der Waals surface area contributed by atoms with Crippen LogP contribution >= 0.6 is 0 Å². The molecule has 0 aromatic heterocycles. The number of methoxy groups -OCH3 is 1. The molecule has 1 fully saturated rings. The second-order valence-electron chi connectivity index (χ2n) is 4.22. The van der Waals surface area contributed by atoms with Gasteiger partial charge in [0.1, 0.15) is 6.10 Å². The summed E-state index contributed by atoms with van der Waals surface area (Å²) in [5.41, 5.74) is 1.94. The fourth-order valence-corrected chi connectivity index (χ4v) is 1.79. The van der Waals surface area contributed by atoms with Crippen molar-refractivity contribution in [3.05, 3.63) is 35.4 Å². The average Bonchev–Trinajstić information content (AvgIpc) is 3.04. The first-order valence-electron chi connectivity index (χ1n) is 5.36. The topological polar surface area (TPSA) is 26.3 Å². The number of benzene rings is 1. The third-order valence-electron chi connectivity index (χ3n) is 2.90. The summed E-state index contributed by atoms with van der Waals surface area (Å²) in [5.74, 6) is 0.573. The molecule has 0 radical (unpaired) electrons. The number of carbonyl (C=O) groups excluding carboxylic acids is 1. The second kappa shape index (κ2) is 4.15. The van der Waals surface area contributed by atoms with E-state index in [1.807, 2.05) is 31.2 Å². The average molecular weight is 204 g/mol. The van der Waals surface area contributed by atoms with Gasteiger partial charge in [-0.25, -0.2) is 0 Å². The van der Waals surface area contributed by atoms with Crippen molar-refractivity contribution < 1.29 is 9.53 Å². The maximum atomic E-state index is 12.0. The third-order valence-corrected chi connectivity index (χ3v) is 2.90. The Bertz CT molecular complexity index is 349. The Kier molecular flexibility index (Phi) is 2.87. The van der Waals surface area contributed by atoms with E-state index in [9.17, 15) is 4.79 Å². The molecule has 1 aromatic carbocycles.